The van der Waals surface area contributed by atoms with Crippen LogP contribution < -0.4 is 0 Å². The molecule has 0 amide bonds. The monoisotopic (exact) mass is 197 g/mol. The number of aromatic amines is 1. The standard InChI is InChI=1S/C9H9NO2S.H2/c1-2-12-9(11)7-5-8-6(10-7)3-4-13-8;/h3-5,10H,2H2,1H3;1H. The van der Waals surface area contributed by atoms with Crippen molar-refractivity contribution in [1.82, 2.24) is 4.98 Å². The highest BCUT2D eigenvalue weighted by Gasteiger charge is 2.09. The van der Waals surface area contributed by atoms with Gasteiger partial charge in [-0.1, -0.05) is 0 Å². The van der Waals surface area contributed by atoms with Crippen molar-refractivity contribution < 1.29 is 11.0 Å². The normalized spacial score (nSPS) is 10.5. The molecule has 0 saturated heterocycles. The molecule has 0 radical (unpaired) electrons. The lowest BCUT2D eigenvalue weighted by Crippen LogP contribution is -2.04. The second kappa shape index (κ2) is 3.22. The van der Waals surface area contributed by atoms with Gasteiger partial charge in [0.15, 0.2) is 0 Å². The van der Waals surface area contributed by atoms with Crippen LogP contribution in [-0.4, -0.2) is 17.6 Å². The Morgan fingerprint density at radius 1 is 1.77 bits per heavy atom. The van der Waals surface area contributed by atoms with Crippen molar-refractivity contribution in [2.45, 2.75) is 6.92 Å². The molecule has 0 saturated carbocycles. The largest absolute Gasteiger partial charge is 0.461 e. The quantitative estimate of drug-likeness (QED) is 0.752. The maximum atomic E-state index is 11.3. The zero-order valence-electron chi connectivity index (χ0n) is 7.16. The average molecular weight is 197 g/mol. The summed E-state index contributed by atoms with van der Waals surface area (Å²) in [5.74, 6) is -0.286. The topological polar surface area (TPSA) is 42.1 Å². The second-order valence-corrected chi connectivity index (χ2v) is 3.55. The van der Waals surface area contributed by atoms with E-state index < -0.39 is 0 Å². The minimum atomic E-state index is -0.286. The van der Waals surface area contributed by atoms with Crippen LogP contribution in [-0.2, 0) is 4.74 Å². The van der Waals surface area contributed by atoms with Crippen LogP contribution >= 0.6 is 11.3 Å². The molecule has 2 aromatic heterocycles. The Labute approximate surface area is 80.8 Å². The third-order valence-electron chi connectivity index (χ3n) is 1.74. The third-order valence-corrected chi connectivity index (χ3v) is 2.60. The van der Waals surface area contributed by atoms with Gasteiger partial charge in [0.05, 0.1) is 16.8 Å². The van der Waals surface area contributed by atoms with Crippen molar-refractivity contribution in [3.63, 3.8) is 0 Å². The van der Waals surface area contributed by atoms with Crippen LogP contribution in [0.1, 0.15) is 18.8 Å². The smallest absolute Gasteiger partial charge is 0.354 e. The predicted molar refractivity (Wildman–Crippen MR) is 54.2 cm³/mol. The molecule has 1 N–H and O–H groups in total. The molecule has 0 aliphatic carbocycles. The Hall–Kier alpha value is -1.29. The number of thiophene rings is 1. The van der Waals surface area contributed by atoms with Gasteiger partial charge in [-0.05, 0) is 24.4 Å². The summed E-state index contributed by atoms with van der Waals surface area (Å²) in [5.41, 5.74) is 1.52. The number of H-pyrrole nitrogens is 1. The van der Waals surface area contributed by atoms with Gasteiger partial charge < -0.3 is 9.72 Å². The fraction of sp³-hybridized carbons (Fsp3) is 0.222. The number of ether oxygens (including phenoxy) is 1. The van der Waals surface area contributed by atoms with Gasteiger partial charge in [-0.15, -0.1) is 11.3 Å². The molecule has 0 aliphatic rings. The number of rotatable bonds is 2. The van der Waals surface area contributed by atoms with Gasteiger partial charge in [0, 0.05) is 1.43 Å². The molecular weight excluding hydrogens is 186 g/mol. The molecule has 70 valence electrons. The van der Waals surface area contributed by atoms with Crippen LogP contribution in [0.3, 0.4) is 0 Å². The summed E-state index contributed by atoms with van der Waals surface area (Å²) in [6, 6.07) is 3.76. The molecule has 0 aromatic carbocycles. The summed E-state index contributed by atoms with van der Waals surface area (Å²) in [7, 11) is 0. The van der Waals surface area contributed by atoms with Crippen LogP contribution in [0.15, 0.2) is 17.5 Å². The lowest BCUT2D eigenvalue weighted by atomic mass is 10.4. The Balaban J connectivity index is 0.000000980. The summed E-state index contributed by atoms with van der Waals surface area (Å²) in [6.07, 6.45) is 0. The first-order valence-corrected chi connectivity index (χ1v) is 4.92. The average Bonchev–Trinajstić information content (AvgIpc) is 2.61. The van der Waals surface area contributed by atoms with E-state index in [9.17, 15) is 4.79 Å². The highest BCUT2D eigenvalue weighted by Crippen LogP contribution is 2.21. The maximum absolute atomic E-state index is 11.3. The molecule has 0 unspecified atom stereocenters. The summed E-state index contributed by atoms with van der Waals surface area (Å²) in [5, 5.41) is 1.98. The van der Waals surface area contributed by atoms with Crippen LogP contribution in [0.2, 0.25) is 0 Å². The van der Waals surface area contributed by atoms with Crippen molar-refractivity contribution in [2.75, 3.05) is 6.61 Å². The molecule has 3 nitrogen and oxygen atoms in total. The van der Waals surface area contributed by atoms with Gasteiger partial charge >= 0.3 is 5.97 Å². The molecule has 0 spiro atoms. The first kappa shape index (κ1) is 8.31. The Morgan fingerprint density at radius 3 is 3.31 bits per heavy atom. The van der Waals surface area contributed by atoms with Crippen molar-refractivity contribution >= 4 is 27.5 Å². The van der Waals surface area contributed by atoms with Crippen LogP contribution in [0.5, 0.6) is 0 Å². The van der Waals surface area contributed by atoms with Gasteiger partial charge in [-0.3, -0.25) is 0 Å². The summed E-state index contributed by atoms with van der Waals surface area (Å²) < 4.78 is 5.95. The molecular formula is C9H11NO2S. The van der Waals surface area contributed by atoms with Gasteiger partial charge in [-0.25, -0.2) is 4.79 Å². The third kappa shape index (κ3) is 1.45. The van der Waals surface area contributed by atoms with E-state index in [2.05, 4.69) is 4.98 Å². The summed E-state index contributed by atoms with van der Waals surface area (Å²) in [6.45, 7) is 2.20. The summed E-state index contributed by atoms with van der Waals surface area (Å²) >= 11 is 1.60. The fourth-order valence-electron chi connectivity index (χ4n) is 1.17. The lowest BCUT2D eigenvalue weighted by molar-refractivity contribution is 0.0520. The van der Waals surface area contributed by atoms with E-state index in [1.54, 1.807) is 18.3 Å². The van der Waals surface area contributed by atoms with Gasteiger partial charge in [0.1, 0.15) is 5.69 Å². The zero-order valence-corrected chi connectivity index (χ0v) is 7.98. The molecule has 13 heavy (non-hydrogen) atoms. The highest BCUT2D eigenvalue weighted by molar-refractivity contribution is 7.17. The molecule has 0 aliphatic heterocycles. The number of carbonyl (C=O) groups is 1. The number of hydrogen-bond donors (Lipinski definition) is 1. The van der Waals surface area contributed by atoms with Crippen LogP contribution in [0.4, 0.5) is 0 Å². The maximum Gasteiger partial charge on any atom is 0.354 e. The number of nitrogens with one attached hydrogen (secondary N) is 1. The SMILES string of the molecule is CCOC(=O)c1cc2sccc2[nH]1.[HH]. The fourth-order valence-corrected chi connectivity index (χ4v) is 1.95. The summed E-state index contributed by atoms with van der Waals surface area (Å²) in [4.78, 5) is 14.3. The van der Waals surface area contributed by atoms with E-state index in [-0.39, 0.29) is 7.40 Å². The van der Waals surface area contributed by atoms with E-state index in [1.807, 2.05) is 17.5 Å². The minimum Gasteiger partial charge on any atom is -0.461 e. The van der Waals surface area contributed by atoms with Gasteiger partial charge in [0.2, 0.25) is 0 Å². The molecule has 0 atom stereocenters. The molecule has 2 heterocycles. The van der Waals surface area contributed by atoms with Gasteiger partial charge in [0.25, 0.3) is 0 Å². The molecule has 0 bridgehead atoms. The van der Waals surface area contributed by atoms with Crippen molar-refractivity contribution in [3.05, 3.63) is 23.2 Å². The van der Waals surface area contributed by atoms with E-state index in [4.69, 9.17) is 4.74 Å². The van der Waals surface area contributed by atoms with E-state index >= 15 is 0 Å². The van der Waals surface area contributed by atoms with E-state index in [0.29, 0.717) is 12.3 Å². The zero-order chi connectivity index (χ0) is 9.26. The Kier molecular flexibility index (Phi) is 2.06. The molecule has 2 rings (SSSR count). The first-order chi connectivity index (χ1) is 6.31. The molecule has 2 aromatic rings. The molecule has 4 heteroatoms. The van der Waals surface area contributed by atoms with Gasteiger partial charge in [-0.2, -0.15) is 0 Å². The Morgan fingerprint density at radius 2 is 2.62 bits per heavy atom. The van der Waals surface area contributed by atoms with Crippen molar-refractivity contribution in [3.8, 4) is 0 Å². The molecule has 0 fully saturated rings. The number of aromatic nitrogens is 1. The number of esters is 1. The lowest BCUT2D eigenvalue weighted by Gasteiger charge is -1.96. The van der Waals surface area contributed by atoms with Crippen LogP contribution in [0, 0.1) is 0 Å². The first-order valence-electron chi connectivity index (χ1n) is 4.04. The number of carbonyl (C=O) groups excluding carboxylic acids is 1. The van der Waals surface area contributed by atoms with E-state index in [0.717, 1.165) is 10.2 Å². The predicted octanol–water partition coefficient (Wildman–Crippen LogP) is 2.65. The number of hydrogen-bond acceptors (Lipinski definition) is 3. The van der Waals surface area contributed by atoms with Crippen LogP contribution in [0.25, 0.3) is 10.2 Å². The van der Waals surface area contributed by atoms with Crippen molar-refractivity contribution in [1.29, 1.82) is 0 Å². The van der Waals surface area contributed by atoms with Crippen molar-refractivity contribution in [2.24, 2.45) is 0 Å². The van der Waals surface area contributed by atoms with E-state index in [1.165, 1.54) is 0 Å². The Bertz CT molecular complexity index is 406. The minimum absolute atomic E-state index is 0. The second-order valence-electron chi connectivity index (χ2n) is 2.60. The number of fused-ring (bicyclic) bond motifs is 1. The highest BCUT2D eigenvalue weighted by atomic mass is 32.1.